The molecule has 6 nitrogen and oxygen atoms in total. The van der Waals surface area contributed by atoms with Crippen LogP contribution in [-0.4, -0.2) is 28.4 Å². The normalized spacial score (nSPS) is 14.7. The number of benzene rings is 1. The number of pyridine rings is 1. The second kappa shape index (κ2) is 8.08. The van der Waals surface area contributed by atoms with Gasteiger partial charge in [-0.15, -0.1) is 12.4 Å². The highest BCUT2D eigenvalue weighted by Gasteiger charge is 2.22. The Balaban J connectivity index is 0.00000218. The summed E-state index contributed by atoms with van der Waals surface area (Å²) in [5, 5.41) is 7.13. The van der Waals surface area contributed by atoms with Gasteiger partial charge in [-0.25, -0.2) is 9.37 Å². The van der Waals surface area contributed by atoms with Gasteiger partial charge in [0, 0.05) is 23.8 Å². The van der Waals surface area contributed by atoms with Crippen molar-refractivity contribution in [1.82, 2.24) is 14.7 Å². The minimum atomic E-state index is -0.486. The number of piperidine rings is 1. The van der Waals surface area contributed by atoms with Gasteiger partial charge in [0.2, 0.25) is 0 Å². The molecular formula is C22H22ClFN4O2. The lowest BCUT2D eigenvalue weighted by atomic mass is 9.87. The number of furan rings is 1. The van der Waals surface area contributed by atoms with Crippen LogP contribution < -0.4 is 10.6 Å². The minimum Gasteiger partial charge on any atom is -0.463 e. The molecule has 1 fully saturated rings. The van der Waals surface area contributed by atoms with Gasteiger partial charge in [-0.2, -0.15) is 0 Å². The predicted molar refractivity (Wildman–Crippen MR) is 116 cm³/mol. The van der Waals surface area contributed by atoms with Crippen LogP contribution in [0.25, 0.3) is 16.6 Å². The third kappa shape index (κ3) is 3.55. The van der Waals surface area contributed by atoms with Crippen LogP contribution in [0, 0.1) is 12.7 Å². The van der Waals surface area contributed by atoms with Gasteiger partial charge < -0.3 is 19.5 Å². The van der Waals surface area contributed by atoms with Crippen LogP contribution in [0.5, 0.6) is 0 Å². The smallest absolute Gasteiger partial charge is 0.259 e. The summed E-state index contributed by atoms with van der Waals surface area (Å²) in [6, 6.07) is 7.02. The highest BCUT2D eigenvalue weighted by Crippen LogP contribution is 2.34. The van der Waals surface area contributed by atoms with Gasteiger partial charge in [0.25, 0.3) is 5.91 Å². The number of fused-ring (bicyclic) bond motifs is 2. The first-order valence-electron chi connectivity index (χ1n) is 9.77. The molecule has 1 amide bonds. The summed E-state index contributed by atoms with van der Waals surface area (Å²) in [5.74, 6) is -0.368. The van der Waals surface area contributed by atoms with E-state index in [0.717, 1.165) is 31.3 Å². The zero-order valence-electron chi connectivity index (χ0n) is 16.4. The zero-order valence-corrected chi connectivity index (χ0v) is 17.3. The summed E-state index contributed by atoms with van der Waals surface area (Å²) in [5.41, 5.74) is 3.52. The van der Waals surface area contributed by atoms with E-state index in [1.165, 1.54) is 11.6 Å². The first-order valence-corrected chi connectivity index (χ1v) is 9.77. The van der Waals surface area contributed by atoms with Crippen LogP contribution in [0.4, 0.5) is 10.1 Å². The molecule has 156 valence electrons. The number of hydrogen-bond acceptors (Lipinski definition) is 4. The molecule has 30 heavy (non-hydrogen) atoms. The molecule has 1 aliphatic rings. The van der Waals surface area contributed by atoms with E-state index >= 15 is 0 Å². The number of anilines is 1. The molecule has 1 aliphatic heterocycles. The second-order valence-corrected chi connectivity index (χ2v) is 7.53. The van der Waals surface area contributed by atoms with Crippen molar-refractivity contribution in [3.8, 4) is 0 Å². The number of rotatable bonds is 3. The van der Waals surface area contributed by atoms with Crippen LogP contribution in [0.2, 0.25) is 0 Å². The Morgan fingerprint density at radius 1 is 1.27 bits per heavy atom. The molecule has 3 aromatic heterocycles. The van der Waals surface area contributed by atoms with E-state index in [1.807, 2.05) is 12.1 Å². The number of hydrogen-bond donors (Lipinski definition) is 2. The molecular weight excluding hydrogens is 407 g/mol. The molecule has 0 atom stereocenters. The summed E-state index contributed by atoms with van der Waals surface area (Å²) in [6.45, 7) is 3.78. The number of aromatic nitrogens is 2. The molecule has 0 spiro atoms. The standard InChI is InChI=1S/C22H21FN4O2.ClH/c1-13-11-27-12-15(10-19(23)21(27)25-13)26-22(28)18-3-2-16(14-4-7-24-8-5-14)17-6-9-29-20(17)18;/h2-3,6,9-12,14,24H,4-5,7-8H2,1H3,(H,26,28);1H. The van der Waals surface area contributed by atoms with Crippen molar-refractivity contribution < 1.29 is 13.6 Å². The molecule has 8 heteroatoms. The molecule has 0 unspecified atom stereocenters. The average Bonchev–Trinajstić information content (AvgIpc) is 3.34. The van der Waals surface area contributed by atoms with Crippen molar-refractivity contribution in [3.63, 3.8) is 0 Å². The number of carbonyl (C=O) groups is 1. The minimum absolute atomic E-state index is 0. The van der Waals surface area contributed by atoms with Crippen LogP contribution in [0.15, 0.2) is 47.3 Å². The van der Waals surface area contributed by atoms with Crippen molar-refractivity contribution in [2.75, 3.05) is 18.4 Å². The Labute approximate surface area is 178 Å². The van der Waals surface area contributed by atoms with E-state index in [-0.39, 0.29) is 24.0 Å². The predicted octanol–water partition coefficient (Wildman–Crippen LogP) is 4.67. The fourth-order valence-corrected chi connectivity index (χ4v) is 4.20. The number of halogens is 2. The quantitative estimate of drug-likeness (QED) is 0.497. The second-order valence-electron chi connectivity index (χ2n) is 7.53. The summed E-state index contributed by atoms with van der Waals surface area (Å²) in [7, 11) is 0. The van der Waals surface area contributed by atoms with Gasteiger partial charge in [-0.05, 0) is 56.5 Å². The highest BCUT2D eigenvalue weighted by molar-refractivity contribution is 6.12. The maximum absolute atomic E-state index is 14.3. The summed E-state index contributed by atoms with van der Waals surface area (Å²) in [6.07, 6.45) is 7.11. The maximum atomic E-state index is 14.3. The molecule has 2 N–H and O–H groups in total. The van der Waals surface area contributed by atoms with Crippen LogP contribution in [0.3, 0.4) is 0 Å². The lowest BCUT2D eigenvalue weighted by Crippen LogP contribution is -2.26. The lowest BCUT2D eigenvalue weighted by Gasteiger charge is -2.23. The number of amides is 1. The Morgan fingerprint density at radius 2 is 2.07 bits per heavy atom. The van der Waals surface area contributed by atoms with Gasteiger partial charge in [0.1, 0.15) is 5.58 Å². The Kier molecular flexibility index (Phi) is 5.49. The molecule has 5 rings (SSSR count). The fraction of sp³-hybridized carbons (Fsp3) is 0.273. The Hall–Kier alpha value is -2.90. The van der Waals surface area contributed by atoms with E-state index in [0.29, 0.717) is 28.4 Å². The van der Waals surface area contributed by atoms with Crippen molar-refractivity contribution in [1.29, 1.82) is 0 Å². The van der Waals surface area contributed by atoms with Crippen LogP contribution in [0.1, 0.15) is 40.4 Å². The highest BCUT2D eigenvalue weighted by atomic mass is 35.5. The van der Waals surface area contributed by atoms with Gasteiger partial charge in [-0.3, -0.25) is 4.79 Å². The van der Waals surface area contributed by atoms with Crippen LogP contribution in [-0.2, 0) is 0 Å². The first kappa shape index (κ1) is 20.4. The Morgan fingerprint density at radius 3 is 2.87 bits per heavy atom. The molecule has 0 saturated carbocycles. The molecule has 4 aromatic rings. The molecule has 0 radical (unpaired) electrons. The SMILES string of the molecule is Cc1cn2cc(NC(=O)c3ccc(C4CCNCC4)c4ccoc34)cc(F)c2n1.Cl. The molecule has 1 aromatic carbocycles. The lowest BCUT2D eigenvalue weighted by molar-refractivity contribution is 0.102. The first-order chi connectivity index (χ1) is 14.1. The van der Waals surface area contributed by atoms with Gasteiger partial charge >= 0.3 is 0 Å². The number of imidazole rings is 1. The van der Waals surface area contributed by atoms with Crippen LogP contribution >= 0.6 is 12.4 Å². The number of carbonyl (C=O) groups excluding carboxylic acids is 1. The number of aryl methyl sites for hydroxylation is 1. The summed E-state index contributed by atoms with van der Waals surface area (Å²) >= 11 is 0. The molecule has 4 heterocycles. The number of nitrogens with one attached hydrogen (secondary N) is 2. The summed E-state index contributed by atoms with van der Waals surface area (Å²) < 4.78 is 21.6. The topological polar surface area (TPSA) is 71.6 Å². The fourth-order valence-electron chi connectivity index (χ4n) is 4.20. The Bertz CT molecular complexity index is 1230. The monoisotopic (exact) mass is 428 g/mol. The van der Waals surface area contributed by atoms with Crippen molar-refractivity contribution >= 4 is 40.6 Å². The third-order valence-electron chi connectivity index (χ3n) is 5.56. The summed E-state index contributed by atoms with van der Waals surface area (Å²) in [4.78, 5) is 17.1. The molecule has 0 aliphatic carbocycles. The van der Waals surface area contributed by atoms with Gasteiger partial charge in [0.15, 0.2) is 11.5 Å². The number of nitrogens with zero attached hydrogens (tertiary/aromatic N) is 2. The van der Waals surface area contributed by atoms with E-state index in [1.54, 1.807) is 36.0 Å². The van der Waals surface area contributed by atoms with Crippen molar-refractivity contribution in [2.45, 2.75) is 25.7 Å². The van der Waals surface area contributed by atoms with Crippen molar-refractivity contribution in [3.05, 3.63) is 65.6 Å². The largest absolute Gasteiger partial charge is 0.463 e. The van der Waals surface area contributed by atoms with E-state index in [4.69, 9.17) is 4.42 Å². The van der Waals surface area contributed by atoms with Gasteiger partial charge in [0.05, 0.1) is 23.2 Å². The average molecular weight is 429 g/mol. The van der Waals surface area contributed by atoms with E-state index in [9.17, 15) is 9.18 Å². The van der Waals surface area contributed by atoms with E-state index < -0.39 is 5.82 Å². The van der Waals surface area contributed by atoms with E-state index in [2.05, 4.69) is 15.6 Å². The molecule has 1 saturated heterocycles. The molecule has 0 bridgehead atoms. The zero-order chi connectivity index (χ0) is 20.0. The maximum Gasteiger partial charge on any atom is 0.259 e. The third-order valence-corrected chi connectivity index (χ3v) is 5.56. The van der Waals surface area contributed by atoms with Crippen molar-refractivity contribution in [2.24, 2.45) is 0 Å². The van der Waals surface area contributed by atoms with Gasteiger partial charge in [-0.1, -0.05) is 6.07 Å².